The van der Waals surface area contributed by atoms with E-state index >= 15 is 0 Å². The van der Waals surface area contributed by atoms with E-state index in [1.165, 1.54) is 5.69 Å². The lowest BCUT2D eigenvalue weighted by molar-refractivity contribution is 0.262. The van der Waals surface area contributed by atoms with E-state index in [-0.39, 0.29) is 6.03 Å². The molecule has 1 aromatic heterocycles. The van der Waals surface area contributed by atoms with Gasteiger partial charge in [0.25, 0.3) is 0 Å². The fourth-order valence-corrected chi connectivity index (χ4v) is 3.53. The zero-order valence-corrected chi connectivity index (χ0v) is 16.6. The number of halogens is 1. The number of hydrogen-bond donors (Lipinski definition) is 2. The fraction of sp³-hybridized carbons (Fsp3) is 0.182. The summed E-state index contributed by atoms with van der Waals surface area (Å²) in [7, 11) is 0. The van der Waals surface area contributed by atoms with Crippen molar-refractivity contribution in [3.8, 4) is 0 Å². The zero-order chi connectivity index (χ0) is 20.1. The van der Waals surface area contributed by atoms with Gasteiger partial charge >= 0.3 is 6.03 Å². The Morgan fingerprint density at radius 1 is 0.828 bits per heavy atom. The number of piperazine rings is 1. The first-order valence-electron chi connectivity index (χ1n) is 9.52. The lowest BCUT2D eigenvalue weighted by atomic mass is 10.2. The average Bonchev–Trinajstić information content (AvgIpc) is 2.75. The Morgan fingerprint density at radius 2 is 1.55 bits per heavy atom. The maximum absolute atomic E-state index is 12.1. The minimum Gasteiger partial charge on any atom is -0.368 e. The highest BCUT2D eigenvalue weighted by Crippen LogP contribution is 2.20. The summed E-state index contributed by atoms with van der Waals surface area (Å²) in [6.45, 7) is 3.72. The highest BCUT2D eigenvalue weighted by Gasteiger charge is 2.18. The summed E-state index contributed by atoms with van der Waals surface area (Å²) >= 11 is 5.93. The molecule has 7 heteroatoms. The number of hydrogen-bond acceptors (Lipinski definition) is 4. The quantitative estimate of drug-likeness (QED) is 0.657. The summed E-state index contributed by atoms with van der Waals surface area (Å²) in [6, 6.07) is 20.9. The van der Waals surface area contributed by atoms with E-state index < -0.39 is 0 Å². The number of urea groups is 1. The van der Waals surface area contributed by atoms with Crippen LogP contribution in [-0.2, 0) is 0 Å². The zero-order valence-electron chi connectivity index (χ0n) is 15.9. The molecule has 0 unspecified atom stereocenters. The van der Waals surface area contributed by atoms with E-state index in [9.17, 15) is 4.79 Å². The van der Waals surface area contributed by atoms with Gasteiger partial charge in [0.05, 0.1) is 11.9 Å². The number of nitrogens with zero attached hydrogens (tertiary/aromatic N) is 3. The minimum atomic E-state index is -0.335. The molecule has 148 valence electrons. The Balaban J connectivity index is 1.31. The van der Waals surface area contributed by atoms with Gasteiger partial charge < -0.3 is 20.4 Å². The highest BCUT2D eigenvalue weighted by molar-refractivity contribution is 6.30. The molecule has 0 bridgehead atoms. The van der Waals surface area contributed by atoms with Crippen LogP contribution in [0.3, 0.4) is 0 Å². The van der Waals surface area contributed by atoms with Gasteiger partial charge in [-0.2, -0.15) is 0 Å². The number of carbonyl (C=O) groups excluding carboxylic acids is 1. The minimum absolute atomic E-state index is 0.335. The molecule has 1 saturated heterocycles. The maximum atomic E-state index is 12.1. The second-order valence-corrected chi connectivity index (χ2v) is 7.24. The number of anilines is 4. The van der Waals surface area contributed by atoms with Gasteiger partial charge in [0.2, 0.25) is 0 Å². The normalized spacial score (nSPS) is 13.8. The van der Waals surface area contributed by atoms with Crippen molar-refractivity contribution in [1.29, 1.82) is 0 Å². The molecule has 0 atom stereocenters. The summed E-state index contributed by atoms with van der Waals surface area (Å²) in [6.07, 6.45) is 1.68. The van der Waals surface area contributed by atoms with E-state index in [2.05, 4.69) is 49.7 Å². The summed E-state index contributed by atoms with van der Waals surface area (Å²) in [5, 5.41) is 6.11. The Labute approximate surface area is 175 Å². The van der Waals surface area contributed by atoms with E-state index in [0.717, 1.165) is 32.0 Å². The molecule has 2 N–H and O–H groups in total. The molecule has 0 radical (unpaired) electrons. The SMILES string of the molecule is O=C(Nc1ccc(N2CCN(c3ccccc3)CC2)nc1)Nc1cccc(Cl)c1. The summed E-state index contributed by atoms with van der Waals surface area (Å²) in [4.78, 5) is 21.3. The average molecular weight is 408 g/mol. The van der Waals surface area contributed by atoms with Gasteiger partial charge in [-0.3, -0.25) is 0 Å². The van der Waals surface area contributed by atoms with Crippen LogP contribution in [0.5, 0.6) is 0 Å². The van der Waals surface area contributed by atoms with Crippen LogP contribution in [0.25, 0.3) is 0 Å². The molecule has 2 amide bonds. The lowest BCUT2D eigenvalue weighted by Crippen LogP contribution is -2.46. The summed E-state index contributed by atoms with van der Waals surface area (Å²) in [5.41, 5.74) is 2.53. The summed E-state index contributed by atoms with van der Waals surface area (Å²) < 4.78 is 0. The standard InChI is InChI=1S/C22H22ClN5O/c23-17-5-4-6-18(15-17)25-22(29)26-19-9-10-21(24-16-19)28-13-11-27(12-14-28)20-7-2-1-3-8-20/h1-10,15-16H,11-14H2,(H2,25,26,29). The Bertz CT molecular complexity index is 956. The van der Waals surface area contributed by atoms with Gasteiger partial charge in [0.1, 0.15) is 5.82 Å². The Morgan fingerprint density at radius 3 is 2.24 bits per heavy atom. The van der Waals surface area contributed by atoms with Gasteiger partial charge in [-0.25, -0.2) is 9.78 Å². The number of aromatic nitrogens is 1. The highest BCUT2D eigenvalue weighted by atomic mass is 35.5. The number of rotatable bonds is 4. The largest absolute Gasteiger partial charge is 0.368 e. The van der Waals surface area contributed by atoms with Crippen LogP contribution >= 0.6 is 11.6 Å². The van der Waals surface area contributed by atoms with Gasteiger partial charge in [-0.1, -0.05) is 35.9 Å². The van der Waals surface area contributed by atoms with Crippen LogP contribution in [0.4, 0.5) is 27.7 Å². The number of benzene rings is 2. The van der Waals surface area contributed by atoms with Crippen LogP contribution in [0.1, 0.15) is 0 Å². The van der Waals surface area contributed by atoms with E-state index in [4.69, 9.17) is 11.6 Å². The van der Waals surface area contributed by atoms with E-state index in [1.54, 1.807) is 30.5 Å². The lowest BCUT2D eigenvalue weighted by Gasteiger charge is -2.36. The third-order valence-electron chi connectivity index (χ3n) is 4.81. The molecule has 1 fully saturated rings. The van der Waals surface area contributed by atoms with Gasteiger partial charge in [-0.05, 0) is 42.5 Å². The van der Waals surface area contributed by atoms with Gasteiger partial charge in [-0.15, -0.1) is 0 Å². The fourth-order valence-electron chi connectivity index (χ4n) is 3.34. The van der Waals surface area contributed by atoms with Crippen molar-refractivity contribution in [3.63, 3.8) is 0 Å². The molecule has 0 aliphatic carbocycles. The molecular weight excluding hydrogens is 386 g/mol. The molecular formula is C22H22ClN5O. The Hall–Kier alpha value is -3.25. The molecule has 1 aliphatic heterocycles. The van der Waals surface area contributed by atoms with Crippen LogP contribution in [-0.4, -0.2) is 37.2 Å². The van der Waals surface area contributed by atoms with Crippen molar-refractivity contribution < 1.29 is 4.79 Å². The van der Waals surface area contributed by atoms with Crippen molar-refractivity contribution in [2.24, 2.45) is 0 Å². The smallest absolute Gasteiger partial charge is 0.323 e. The first-order chi connectivity index (χ1) is 14.2. The molecule has 4 rings (SSSR count). The number of carbonyl (C=O) groups is 1. The second-order valence-electron chi connectivity index (χ2n) is 6.80. The molecule has 2 aromatic carbocycles. The molecule has 6 nitrogen and oxygen atoms in total. The molecule has 0 spiro atoms. The number of amides is 2. The van der Waals surface area contributed by atoms with Crippen molar-refractivity contribution >= 4 is 40.5 Å². The predicted molar refractivity (Wildman–Crippen MR) is 119 cm³/mol. The third kappa shape index (κ3) is 4.97. The molecule has 1 aliphatic rings. The predicted octanol–water partition coefficient (Wildman–Crippen LogP) is 4.71. The van der Waals surface area contributed by atoms with Crippen LogP contribution < -0.4 is 20.4 Å². The number of pyridine rings is 1. The Kier molecular flexibility index (Phi) is 5.81. The van der Waals surface area contributed by atoms with Crippen LogP contribution in [0.15, 0.2) is 72.9 Å². The number of nitrogens with one attached hydrogen (secondary N) is 2. The summed E-state index contributed by atoms with van der Waals surface area (Å²) in [5.74, 6) is 0.915. The molecule has 3 aromatic rings. The number of para-hydroxylation sites is 1. The molecule has 2 heterocycles. The van der Waals surface area contributed by atoms with E-state index in [1.807, 2.05) is 18.2 Å². The van der Waals surface area contributed by atoms with E-state index in [0.29, 0.717) is 16.4 Å². The van der Waals surface area contributed by atoms with Crippen molar-refractivity contribution in [2.75, 3.05) is 46.6 Å². The second kappa shape index (κ2) is 8.84. The molecule has 29 heavy (non-hydrogen) atoms. The topological polar surface area (TPSA) is 60.5 Å². The van der Waals surface area contributed by atoms with Crippen molar-refractivity contribution in [3.05, 3.63) is 77.9 Å². The third-order valence-corrected chi connectivity index (χ3v) is 5.05. The maximum Gasteiger partial charge on any atom is 0.323 e. The first kappa shape index (κ1) is 19.1. The van der Waals surface area contributed by atoms with Crippen LogP contribution in [0.2, 0.25) is 5.02 Å². The molecule has 0 saturated carbocycles. The van der Waals surface area contributed by atoms with Gasteiger partial charge in [0.15, 0.2) is 0 Å². The van der Waals surface area contributed by atoms with Crippen molar-refractivity contribution in [1.82, 2.24) is 4.98 Å². The van der Waals surface area contributed by atoms with Gasteiger partial charge in [0, 0.05) is 42.6 Å². The monoisotopic (exact) mass is 407 g/mol. The first-order valence-corrected chi connectivity index (χ1v) is 9.90. The van der Waals surface area contributed by atoms with Crippen LogP contribution in [0, 0.1) is 0 Å². The van der Waals surface area contributed by atoms with Crippen molar-refractivity contribution in [2.45, 2.75) is 0 Å².